The van der Waals surface area contributed by atoms with Crippen LogP contribution in [0.4, 0.5) is 22.0 Å². The molecule has 0 bridgehead atoms. The molecule has 2 aromatic rings. The van der Waals surface area contributed by atoms with Crippen LogP contribution in [0, 0.1) is 5.92 Å². The highest BCUT2D eigenvalue weighted by Gasteiger charge is 2.50. The summed E-state index contributed by atoms with van der Waals surface area (Å²) >= 11 is 5.76. The number of alkyl halides is 5. The van der Waals surface area contributed by atoms with Gasteiger partial charge in [-0.25, -0.2) is 8.42 Å². The second kappa shape index (κ2) is 14.5. The molecule has 47 heavy (non-hydrogen) atoms. The van der Waals surface area contributed by atoms with Crippen molar-refractivity contribution in [3.8, 4) is 5.75 Å². The van der Waals surface area contributed by atoms with Crippen LogP contribution in [0.3, 0.4) is 0 Å². The highest BCUT2D eigenvalue weighted by molar-refractivity contribution is 7.91. The van der Waals surface area contributed by atoms with Crippen molar-refractivity contribution in [2.24, 2.45) is 5.92 Å². The molecule has 1 aliphatic heterocycles. The lowest BCUT2D eigenvalue weighted by Gasteiger charge is -2.30. The first kappa shape index (κ1) is 37.7. The van der Waals surface area contributed by atoms with E-state index < -0.39 is 99.0 Å². The second-order valence-electron chi connectivity index (χ2n) is 11.4. The number of sulfone groups is 1. The summed E-state index contributed by atoms with van der Waals surface area (Å²) in [6, 6.07) is 4.70. The molecule has 1 heterocycles. The summed E-state index contributed by atoms with van der Waals surface area (Å²) in [5.41, 5.74) is -0.449. The summed E-state index contributed by atoms with van der Waals surface area (Å²) in [5, 5.41) is 2.33. The summed E-state index contributed by atoms with van der Waals surface area (Å²) < 4.78 is 102. The molecule has 1 unspecified atom stereocenters. The number of nitrogens with one attached hydrogen (secondary N) is 2. The maximum Gasteiger partial charge on any atom is 0.452 e. The van der Waals surface area contributed by atoms with Crippen molar-refractivity contribution in [3.05, 3.63) is 64.7 Å². The van der Waals surface area contributed by atoms with E-state index in [1.807, 2.05) is 10.6 Å². The fraction of sp³-hybridized carbons (Fsp3) is 0.467. The van der Waals surface area contributed by atoms with E-state index in [2.05, 4.69) is 0 Å². The summed E-state index contributed by atoms with van der Waals surface area (Å²) in [7, 11) is -2.73. The highest BCUT2D eigenvalue weighted by Crippen LogP contribution is 2.31. The summed E-state index contributed by atoms with van der Waals surface area (Å²) in [5.74, 6) is -11.9. The number of carbonyl (C=O) groups is 4. The quantitative estimate of drug-likeness (QED) is 0.320. The number of benzene rings is 2. The second-order valence-corrected chi connectivity index (χ2v) is 14.1. The predicted octanol–water partition coefficient (Wildman–Crippen LogP) is 3.80. The average Bonchev–Trinajstić information content (AvgIpc) is 3.45. The Morgan fingerprint density at radius 2 is 1.62 bits per heavy atom. The van der Waals surface area contributed by atoms with Gasteiger partial charge in [0, 0.05) is 17.1 Å². The van der Waals surface area contributed by atoms with E-state index in [9.17, 15) is 49.5 Å². The Morgan fingerprint density at radius 3 is 2.15 bits per heavy atom. The maximum absolute atomic E-state index is 14.9. The Labute approximate surface area is 272 Å². The normalized spacial score (nSPS) is 18.4. The Kier molecular flexibility index (Phi) is 11.7. The van der Waals surface area contributed by atoms with Crippen LogP contribution in [0.5, 0.6) is 5.75 Å². The summed E-state index contributed by atoms with van der Waals surface area (Å²) in [4.78, 5) is 52.2. The Morgan fingerprint density at radius 1 is 1.00 bits per heavy atom. The zero-order chi connectivity index (χ0) is 35.5. The minimum absolute atomic E-state index is 0.0874. The molecule has 1 aliphatic rings. The van der Waals surface area contributed by atoms with Gasteiger partial charge in [-0.15, -0.1) is 0 Å². The molecular weight excluding hydrogens is 677 g/mol. The molecule has 0 saturated carbocycles. The van der Waals surface area contributed by atoms with Crippen LogP contribution >= 0.6 is 11.6 Å². The number of methoxy groups -OCH3 is 1. The topological polar surface area (TPSA) is 139 Å². The number of likely N-dealkylation sites (tertiary alicyclic amines) is 1. The van der Waals surface area contributed by atoms with E-state index in [1.165, 1.54) is 57.4 Å². The largest absolute Gasteiger partial charge is 0.497 e. The summed E-state index contributed by atoms with van der Waals surface area (Å²) in [6.07, 6.45) is -5.90. The predicted molar refractivity (Wildman–Crippen MR) is 160 cm³/mol. The minimum Gasteiger partial charge on any atom is -0.497 e. The molecule has 1 fully saturated rings. The van der Waals surface area contributed by atoms with Crippen LogP contribution < -0.4 is 15.4 Å². The van der Waals surface area contributed by atoms with E-state index in [0.29, 0.717) is 16.2 Å². The number of hydrogen-bond donors (Lipinski definition) is 2. The van der Waals surface area contributed by atoms with Crippen LogP contribution in [0.2, 0.25) is 5.02 Å². The minimum atomic E-state index is -5.31. The average molecular weight is 710 g/mol. The fourth-order valence-electron chi connectivity index (χ4n) is 5.00. The van der Waals surface area contributed by atoms with Crippen LogP contribution in [-0.2, 0) is 40.7 Å². The number of Topliss-reactive ketones (excluding diaryl/α,β-unsaturated/α-hetero) is 1. The molecule has 2 N–H and O–H groups in total. The molecule has 3 rings (SSSR count). The lowest BCUT2D eigenvalue weighted by atomic mass is 9.98. The number of ether oxygens (including phenoxy) is 1. The Bertz CT molecular complexity index is 1600. The van der Waals surface area contributed by atoms with E-state index in [0.717, 1.165) is 19.1 Å². The highest BCUT2D eigenvalue weighted by atomic mass is 35.5. The first-order chi connectivity index (χ1) is 21.7. The van der Waals surface area contributed by atoms with E-state index in [1.54, 1.807) is 0 Å². The molecular formula is C30H33ClF5N3O7S. The van der Waals surface area contributed by atoms with E-state index >= 15 is 0 Å². The molecule has 3 amide bonds. The number of nitrogens with zero attached hydrogens (tertiary/aromatic N) is 1. The first-order valence-corrected chi connectivity index (χ1v) is 16.3. The molecule has 10 nitrogen and oxygen atoms in total. The van der Waals surface area contributed by atoms with Gasteiger partial charge >= 0.3 is 12.1 Å². The molecule has 258 valence electrons. The van der Waals surface area contributed by atoms with Gasteiger partial charge < -0.3 is 20.3 Å². The smallest absolute Gasteiger partial charge is 0.452 e. The molecule has 0 aromatic heterocycles. The monoisotopic (exact) mass is 709 g/mol. The number of hydrogen-bond acceptors (Lipinski definition) is 7. The molecule has 4 atom stereocenters. The van der Waals surface area contributed by atoms with Gasteiger partial charge in [-0.3, -0.25) is 19.2 Å². The number of halogens is 6. The molecule has 1 saturated heterocycles. The van der Waals surface area contributed by atoms with Crippen molar-refractivity contribution in [2.75, 3.05) is 13.7 Å². The van der Waals surface area contributed by atoms with Gasteiger partial charge in [-0.2, -0.15) is 22.0 Å². The molecule has 0 aliphatic carbocycles. The van der Waals surface area contributed by atoms with Gasteiger partial charge in [0.05, 0.1) is 24.2 Å². The Hall–Kier alpha value is -3.79. The van der Waals surface area contributed by atoms with Gasteiger partial charge in [0.1, 0.15) is 17.8 Å². The zero-order valence-corrected chi connectivity index (χ0v) is 27.2. The number of rotatable bonds is 12. The fourth-order valence-corrected chi connectivity index (χ4v) is 6.94. The third kappa shape index (κ3) is 8.97. The van der Waals surface area contributed by atoms with Crippen molar-refractivity contribution >= 4 is 44.9 Å². The van der Waals surface area contributed by atoms with Gasteiger partial charge in [0.2, 0.25) is 11.8 Å². The van der Waals surface area contributed by atoms with E-state index in [4.69, 9.17) is 16.3 Å². The standard InChI is InChI=1S/C30H33ClF5N3O7S/c1-16(2)24(25(40)30(34,35)36)38-26(41)23-13-22(47(44,45)15-18-8-10-21(46-4)11-9-18)14-39(23)27(42)17(3)37-28(43)29(32,33)19-6-5-7-20(31)12-19/h5-12,16-17,22-24H,13-15H2,1-4H3,(H,37,43)(H,38,41)/t17-,22?,23-,24-/m0/s1. The van der Waals surface area contributed by atoms with Gasteiger partial charge in [0.15, 0.2) is 9.84 Å². The van der Waals surface area contributed by atoms with Crippen molar-refractivity contribution in [2.45, 2.75) is 68.4 Å². The van der Waals surface area contributed by atoms with Crippen molar-refractivity contribution in [1.29, 1.82) is 0 Å². The van der Waals surface area contributed by atoms with Gasteiger partial charge in [-0.05, 0) is 49.1 Å². The van der Waals surface area contributed by atoms with Crippen LogP contribution in [0.15, 0.2) is 48.5 Å². The molecule has 0 spiro atoms. The molecule has 2 aromatic carbocycles. The summed E-state index contributed by atoms with van der Waals surface area (Å²) in [6.45, 7) is 2.85. The van der Waals surface area contributed by atoms with E-state index in [-0.39, 0.29) is 5.02 Å². The lowest BCUT2D eigenvalue weighted by Crippen LogP contribution is -2.57. The molecule has 17 heteroatoms. The first-order valence-electron chi connectivity index (χ1n) is 14.2. The van der Waals surface area contributed by atoms with Crippen LogP contribution in [-0.4, -0.2) is 80.0 Å². The lowest BCUT2D eigenvalue weighted by molar-refractivity contribution is -0.175. The molecule has 0 radical (unpaired) electrons. The van der Waals surface area contributed by atoms with Crippen molar-refractivity contribution < 1.29 is 54.3 Å². The van der Waals surface area contributed by atoms with Crippen molar-refractivity contribution in [3.63, 3.8) is 0 Å². The van der Waals surface area contributed by atoms with Gasteiger partial charge in [0.25, 0.3) is 11.7 Å². The van der Waals surface area contributed by atoms with Crippen LogP contribution in [0.25, 0.3) is 0 Å². The zero-order valence-electron chi connectivity index (χ0n) is 25.6. The van der Waals surface area contributed by atoms with Crippen molar-refractivity contribution in [1.82, 2.24) is 15.5 Å². The third-order valence-corrected chi connectivity index (χ3v) is 9.93. The Balaban J connectivity index is 1.90. The SMILES string of the molecule is COc1ccc(CS(=O)(=O)C2C[C@@H](C(=O)N[C@H](C(=O)C(F)(F)F)C(C)C)N(C(=O)[C@H](C)NC(=O)C(F)(F)c3cccc(Cl)c3)C2)cc1. The maximum atomic E-state index is 14.9. The van der Waals surface area contributed by atoms with Gasteiger partial charge in [-0.1, -0.05) is 49.7 Å². The van der Waals surface area contributed by atoms with Crippen LogP contribution in [0.1, 0.15) is 38.3 Å². The number of amides is 3. The number of ketones is 1. The third-order valence-electron chi connectivity index (χ3n) is 7.60. The number of carbonyl (C=O) groups excluding carboxylic acids is 4.